The number of benzene rings is 1. The van der Waals surface area contributed by atoms with E-state index in [1.54, 1.807) is 0 Å². The monoisotopic (exact) mass is 260 g/mol. The first-order valence-electron chi connectivity index (χ1n) is 7.05. The van der Waals surface area contributed by atoms with E-state index in [1.807, 2.05) is 36.1 Å². The zero-order chi connectivity index (χ0) is 13.2. The van der Waals surface area contributed by atoms with E-state index in [-0.39, 0.29) is 5.91 Å². The maximum absolute atomic E-state index is 12.3. The molecular weight excluding hydrogens is 240 g/mol. The minimum atomic E-state index is 0.243. The van der Waals surface area contributed by atoms with E-state index in [9.17, 15) is 4.79 Å². The van der Waals surface area contributed by atoms with E-state index < -0.39 is 0 Å². The van der Waals surface area contributed by atoms with Gasteiger partial charge in [-0.3, -0.25) is 4.79 Å². The SMILES string of the molecule is CCOc1cccc(N2C(=O)CC3CCNCC32)c1. The fraction of sp³-hybridized carbons (Fsp3) is 0.533. The zero-order valence-electron chi connectivity index (χ0n) is 11.3. The van der Waals surface area contributed by atoms with E-state index in [0.29, 0.717) is 25.0 Å². The van der Waals surface area contributed by atoms with Gasteiger partial charge in [-0.15, -0.1) is 0 Å². The van der Waals surface area contributed by atoms with Gasteiger partial charge in [0.25, 0.3) is 0 Å². The molecule has 4 nitrogen and oxygen atoms in total. The fourth-order valence-corrected chi connectivity index (χ4v) is 3.17. The second-order valence-electron chi connectivity index (χ2n) is 5.22. The Morgan fingerprint density at radius 2 is 2.37 bits per heavy atom. The average Bonchev–Trinajstić information content (AvgIpc) is 2.75. The van der Waals surface area contributed by atoms with Crippen LogP contribution in [0.5, 0.6) is 5.75 Å². The number of carbonyl (C=O) groups excluding carboxylic acids is 1. The zero-order valence-corrected chi connectivity index (χ0v) is 11.3. The van der Waals surface area contributed by atoms with Gasteiger partial charge in [-0.2, -0.15) is 0 Å². The largest absolute Gasteiger partial charge is 0.494 e. The summed E-state index contributed by atoms with van der Waals surface area (Å²) in [5.41, 5.74) is 0.965. The van der Waals surface area contributed by atoms with Crippen molar-refractivity contribution in [2.75, 3.05) is 24.6 Å². The second-order valence-corrected chi connectivity index (χ2v) is 5.22. The van der Waals surface area contributed by atoms with Crippen molar-refractivity contribution in [3.05, 3.63) is 24.3 Å². The van der Waals surface area contributed by atoms with Gasteiger partial charge < -0.3 is 15.0 Å². The number of nitrogens with zero attached hydrogens (tertiary/aromatic N) is 1. The van der Waals surface area contributed by atoms with Crippen LogP contribution in [0.15, 0.2) is 24.3 Å². The van der Waals surface area contributed by atoms with Crippen LogP contribution >= 0.6 is 0 Å². The maximum atomic E-state index is 12.3. The summed E-state index contributed by atoms with van der Waals surface area (Å²) < 4.78 is 5.52. The van der Waals surface area contributed by atoms with Crippen molar-refractivity contribution in [1.29, 1.82) is 0 Å². The molecule has 3 rings (SSSR count). The summed E-state index contributed by atoms with van der Waals surface area (Å²) in [5, 5.41) is 3.39. The molecule has 19 heavy (non-hydrogen) atoms. The maximum Gasteiger partial charge on any atom is 0.227 e. The summed E-state index contributed by atoms with van der Waals surface area (Å²) in [6.07, 6.45) is 1.78. The number of piperidine rings is 1. The minimum absolute atomic E-state index is 0.243. The summed E-state index contributed by atoms with van der Waals surface area (Å²) in [6, 6.07) is 8.16. The molecule has 2 aliphatic rings. The number of ether oxygens (including phenoxy) is 1. The Labute approximate surface area is 113 Å². The van der Waals surface area contributed by atoms with E-state index in [4.69, 9.17) is 4.74 Å². The Morgan fingerprint density at radius 3 is 3.21 bits per heavy atom. The number of hydrogen-bond acceptors (Lipinski definition) is 3. The van der Waals surface area contributed by atoms with Gasteiger partial charge in [-0.25, -0.2) is 0 Å². The summed E-state index contributed by atoms with van der Waals surface area (Å²) in [4.78, 5) is 14.2. The Hall–Kier alpha value is -1.55. The smallest absolute Gasteiger partial charge is 0.227 e. The standard InChI is InChI=1S/C15H20N2O2/c1-2-19-13-5-3-4-12(9-13)17-14-10-16-7-6-11(14)8-15(17)18/h3-5,9,11,14,16H,2,6-8,10H2,1H3. The van der Waals surface area contributed by atoms with Gasteiger partial charge in [-0.1, -0.05) is 6.07 Å². The summed E-state index contributed by atoms with van der Waals surface area (Å²) in [7, 11) is 0. The number of carbonyl (C=O) groups is 1. The lowest BCUT2D eigenvalue weighted by Gasteiger charge is -2.32. The third kappa shape index (κ3) is 2.32. The molecule has 0 radical (unpaired) electrons. The molecule has 2 fully saturated rings. The van der Waals surface area contributed by atoms with Crippen LogP contribution in [-0.4, -0.2) is 31.6 Å². The first-order chi connectivity index (χ1) is 9.29. The predicted molar refractivity (Wildman–Crippen MR) is 74.5 cm³/mol. The molecule has 2 aliphatic heterocycles. The molecule has 1 aromatic rings. The van der Waals surface area contributed by atoms with Gasteiger partial charge in [0.2, 0.25) is 5.91 Å². The average molecular weight is 260 g/mol. The number of fused-ring (bicyclic) bond motifs is 1. The van der Waals surface area contributed by atoms with Crippen LogP contribution in [0.25, 0.3) is 0 Å². The number of hydrogen-bond donors (Lipinski definition) is 1. The third-order valence-electron chi connectivity index (χ3n) is 4.03. The van der Waals surface area contributed by atoms with Crippen LogP contribution in [-0.2, 0) is 4.79 Å². The van der Waals surface area contributed by atoms with Crippen molar-refractivity contribution in [2.24, 2.45) is 5.92 Å². The van der Waals surface area contributed by atoms with Gasteiger partial charge in [0.05, 0.1) is 12.6 Å². The van der Waals surface area contributed by atoms with Crippen LogP contribution < -0.4 is 15.0 Å². The molecule has 2 unspecified atom stereocenters. The quantitative estimate of drug-likeness (QED) is 0.901. The molecule has 2 atom stereocenters. The van der Waals surface area contributed by atoms with Crippen LogP contribution in [0.4, 0.5) is 5.69 Å². The Balaban J connectivity index is 1.87. The lowest BCUT2D eigenvalue weighted by molar-refractivity contribution is -0.117. The number of amides is 1. The molecule has 2 heterocycles. The van der Waals surface area contributed by atoms with Gasteiger partial charge >= 0.3 is 0 Å². The highest BCUT2D eigenvalue weighted by Crippen LogP contribution is 2.35. The first kappa shape index (κ1) is 12.5. The molecule has 0 aliphatic carbocycles. The number of rotatable bonds is 3. The molecular formula is C15H20N2O2. The summed E-state index contributed by atoms with van der Waals surface area (Å²) in [5.74, 6) is 1.58. The molecule has 2 saturated heterocycles. The third-order valence-corrected chi connectivity index (χ3v) is 4.03. The van der Waals surface area contributed by atoms with Crippen LogP contribution in [0.1, 0.15) is 19.8 Å². The van der Waals surface area contributed by atoms with Gasteiger partial charge in [0, 0.05) is 24.7 Å². The van der Waals surface area contributed by atoms with Gasteiger partial charge in [-0.05, 0) is 37.9 Å². The Morgan fingerprint density at radius 1 is 1.47 bits per heavy atom. The topological polar surface area (TPSA) is 41.6 Å². The molecule has 102 valence electrons. The van der Waals surface area contributed by atoms with Gasteiger partial charge in [0.1, 0.15) is 5.75 Å². The van der Waals surface area contributed by atoms with Crippen LogP contribution in [0, 0.1) is 5.92 Å². The molecule has 1 amide bonds. The van der Waals surface area contributed by atoms with Crippen molar-refractivity contribution in [3.8, 4) is 5.75 Å². The van der Waals surface area contributed by atoms with Crippen molar-refractivity contribution in [1.82, 2.24) is 5.32 Å². The molecule has 1 N–H and O–H groups in total. The molecule has 0 aromatic heterocycles. The molecule has 1 aromatic carbocycles. The number of anilines is 1. The number of nitrogens with one attached hydrogen (secondary N) is 1. The van der Waals surface area contributed by atoms with Crippen molar-refractivity contribution < 1.29 is 9.53 Å². The Bertz CT molecular complexity index is 475. The lowest BCUT2D eigenvalue weighted by atomic mass is 9.93. The van der Waals surface area contributed by atoms with Crippen molar-refractivity contribution >= 4 is 11.6 Å². The molecule has 0 saturated carbocycles. The van der Waals surface area contributed by atoms with E-state index in [2.05, 4.69) is 5.32 Å². The molecule has 0 spiro atoms. The van der Waals surface area contributed by atoms with E-state index in [1.165, 1.54) is 0 Å². The lowest BCUT2D eigenvalue weighted by Crippen LogP contribution is -2.46. The highest BCUT2D eigenvalue weighted by molar-refractivity contribution is 5.96. The van der Waals surface area contributed by atoms with Crippen molar-refractivity contribution in [3.63, 3.8) is 0 Å². The molecule has 0 bridgehead atoms. The summed E-state index contributed by atoms with van der Waals surface area (Å²) >= 11 is 0. The van der Waals surface area contributed by atoms with E-state index in [0.717, 1.165) is 30.9 Å². The van der Waals surface area contributed by atoms with E-state index >= 15 is 0 Å². The van der Waals surface area contributed by atoms with Crippen LogP contribution in [0.2, 0.25) is 0 Å². The normalized spacial score (nSPS) is 26.4. The van der Waals surface area contributed by atoms with Crippen LogP contribution in [0.3, 0.4) is 0 Å². The molecule has 4 heteroatoms. The van der Waals surface area contributed by atoms with Gasteiger partial charge in [0.15, 0.2) is 0 Å². The predicted octanol–water partition coefficient (Wildman–Crippen LogP) is 1.80. The fourth-order valence-electron chi connectivity index (χ4n) is 3.17. The minimum Gasteiger partial charge on any atom is -0.494 e. The summed E-state index contributed by atoms with van der Waals surface area (Å²) in [6.45, 7) is 4.54. The highest BCUT2D eigenvalue weighted by atomic mass is 16.5. The Kier molecular flexibility index (Phi) is 3.42. The second kappa shape index (κ2) is 5.21. The van der Waals surface area contributed by atoms with Crippen molar-refractivity contribution in [2.45, 2.75) is 25.8 Å². The highest BCUT2D eigenvalue weighted by Gasteiger charge is 2.41. The first-order valence-corrected chi connectivity index (χ1v) is 7.05.